The largest absolute Gasteiger partial charge is 0.351 e. The summed E-state index contributed by atoms with van der Waals surface area (Å²) in [5, 5.41) is 2.16. The fourth-order valence-electron chi connectivity index (χ4n) is 2.59. The lowest BCUT2D eigenvalue weighted by Crippen LogP contribution is -2.36. The van der Waals surface area contributed by atoms with Gasteiger partial charge in [-0.25, -0.2) is 4.79 Å². The van der Waals surface area contributed by atoms with Crippen LogP contribution in [0.1, 0.15) is 25.7 Å². The Bertz CT molecular complexity index is 240. The fourth-order valence-corrected chi connectivity index (χ4v) is 2.59. The highest BCUT2D eigenvalue weighted by Gasteiger charge is 2.54. The minimum atomic E-state index is -0.728. The highest BCUT2D eigenvalue weighted by atomic mass is 16.2. The second-order valence-corrected chi connectivity index (χ2v) is 3.99. The van der Waals surface area contributed by atoms with Gasteiger partial charge in [-0.1, -0.05) is 12.8 Å². The molecule has 2 fully saturated rings. The van der Waals surface area contributed by atoms with Gasteiger partial charge in [-0.2, -0.15) is 0 Å². The molecule has 4 nitrogen and oxygen atoms in total. The van der Waals surface area contributed by atoms with Crippen LogP contribution in [0.5, 0.6) is 0 Å². The van der Waals surface area contributed by atoms with Crippen LogP contribution < -0.4 is 11.1 Å². The van der Waals surface area contributed by atoms with Crippen LogP contribution in [0.2, 0.25) is 0 Å². The lowest BCUT2D eigenvalue weighted by molar-refractivity contribution is -0.121. The molecule has 2 aliphatic carbocycles. The van der Waals surface area contributed by atoms with Crippen molar-refractivity contribution in [3.63, 3.8) is 0 Å². The van der Waals surface area contributed by atoms with Crippen molar-refractivity contribution in [3.8, 4) is 0 Å². The quantitative estimate of drug-likeness (QED) is 0.623. The molecule has 72 valence electrons. The van der Waals surface area contributed by atoms with Gasteiger partial charge >= 0.3 is 6.03 Å². The van der Waals surface area contributed by atoms with Crippen LogP contribution in [-0.4, -0.2) is 11.9 Å². The van der Waals surface area contributed by atoms with Crippen LogP contribution >= 0.6 is 0 Å². The standard InChI is InChI=1S/C9H14N2O2/c10-9(13)11-8(12)7-5-3-1-2-4-6(5)7/h5-7H,1-4H2,(H3,10,11,12,13). The number of urea groups is 1. The summed E-state index contributed by atoms with van der Waals surface area (Å²) in [5.74, 6) is 0.987. The summed E-state index contributed by atoms with van der Waals surface area (Å²) in [7, 11) is 0. The summed E-state index contributed by atoms with van der Waals surface area (Å²) in [6.07, 6.45) is 4.73. The highest BCUT2D eigenvalue weighted by molar-refractivity contribution is 5.96. The van der Waals surface area contributed by atoms with Crippen molar-refractivity contribution in [2.24, 2.45) is 23.5 Å². The fraction of sp³-hybridized carbons (Fsp3) is 0.778. The molecule has 2 saturated carbocycles. The Labute approximate surface area is 76.9 Å². The van der Waals surface area contributed by atoms with E-state index in [9.17, 15) is 9.59 Å². The van der Waals surface area contributed by atoms with Gasteiger partial charge < -0.3 is 5.73 Å². The van der Waals surface area contributed by atoms with Crippen molar-refractivity contribution in [2.75, 3.05) is 0 Å². The van der Waals surface area contributed by atoms with E-state index < -0.39 is 6.03 Å². The first-order chi connectivity index (χ1) is 6.20. The van der Waals surface area contributed by atoms with Gasteiger partial charge in [0.15, 0.2) is 0 Å². The molecule has 0 aliphatic heterocycles. The van der Waals surface area contributed by atoms with Gasteiger partial charge in [0.1, 0.15) is 0 Å². The van der Waals surface area contributed by atoms with Gasteiger partial charge in [-0.15, -0.1) is 0 Å². The number of imide groups is 1. The SMILES string of the molecule is NC(=O)NC(=O)C1C2CCCCC21. The molecule has 0 heterocycles. The van der Waals surface area contributed by atoms with Gasteiger partial charge in [0, 0.05) is 5.92 Å². The van der Waals surface area contributed by atoms with E-state index in [1.54, 1.807) is 0 Å². The van der Waals surface area contributed by atoms with Crippen molar-refractivity contribution < 1.29 is 9.59 Å². The molecule has 4 heteroatoms. The van der Waals surface area contributed by atoms with Gasteiger partial charge in [-0.3, -0.25) is 10.1 Å². The number of carbonyl (C=O) groups excluding carboxylic acids is 2. The van der Waals surface area contributed by atoms with E-state index in [4.69, 9.17) is 5.73 Å². The van der Waals surface area contributed by atoms with E-state index in [-0.39, 0.29) is 11.8 Å². The Balaban J connectivity index is 1.89. The molecule has 0 aromatic heterocycles. The van der Waals surface area contributed by atoms with E-state index in [2.05, 4.69) is 5.32 Å². The first-order valence-electron chi connectivity index (χ1n) is 4.80. The number of nitrogens with one attached hydrogen (secondary N) is 1. The molecule has 3 N–H and O–H groups in total. The van der Waals surface area contributed by atoms with Crippen molar-refractivity contribution in [3.05, 3.63) is 0 Å². The summed E-state index contributed by atoms with van der Waals surface area (Å²) < 4.78 is 0. The second-order valence-electron chi connectivity index (χ2n) is 3.99. The van der Waals surface area contributed by atoms with E-state index in [1.165, 1.54) is 12.8 Å². The number of carbonyl (C=O) groups is 2. The first-order valence-corrected chi connectivity index (χ1v) is 4.80. The third-order valence-corrected chi connectivity index (χ3v) is 3.21. The summed E-state index contributed by atoms with van der Waals surface area (Å²) in [4.78, 5) is 21.8. The number of fused-ring (bicyclic) bond motifs is 1. The summed E-state index contributed by atoms with van der Waals surface area (Å²) in [6, 6.07) is -0.728. The molecule has 0 bridgehead atoms. The average molecular weight is 182 g/mol. The van der Waals surface area contributed by atoms with Crippen LogP contribution in [0.4, 0.5) is 4.79 Å². The molecule has 2 aliphatic rings. The van der Waals surface area contributed by atoms with Gasteiger partial charge in [0.05, 0.1) is 0 Å². The zero-order chi connectivity index (χ0) is 9.42. The number of amides is 3. The predicted octanol–water partition coefficient (Wildman–Crippen LogP) is 0.617. The molecule has 0 aromatic carbocycles. The van der Waals surface area contributed by atoms with Gasteiger partial charge in [0.25, 0.3) is 0 Å². The maximum atomic E-state index is 11.4. The van der Waals surface area contributed by atoms with Crippen molar-refractivity contribution >= 4 is 11.9 Å². The lowest BCUT2D eigenvalue weighted by Gasteiger charge is -2.04. The van der Waals surface area contributed by atoms with Crippen molar-refractivity contribution in [2.45, 2.75) is 25.7 Å². The highest BCUT2D eigenvalue weighted by Crippen LogP contribution is 2.55. The molecular formula is C9H14N2O2. The van der Waals surface area contributed by atoms with E-state index in [0.717, 1.165) is 12.8 Å². The monoisotopic (exact) mass is 182 g/mol. The van der Waals surface area contributed by atoms with Crippen LogP contribution in [0, 0.1) is 17.8 Å². The predicted molar refractivity (Wildman–Crippen MR) is 46.7 cm³/mol. The third kappa shape index (κ3) is 1.53. The number of hydrogen-bond acceptors (Lipinski definition) is 2. The number of nitrogens with two attached hydrogens (primary N) is 1. The molecule has 0 saturated heterocycles. The molecule has 3 amide bonds. The smallest absolute Gasteiger partial charge is 0.318 e. The van der Waals surface area contributed by atoms with E-state index in [1.807, 2.05) is 0 Å². The number of primary amides is 1. The number of hydrogen-bond donors (Lipinski definition) is 2. The normalized spacial score (nSPS) is 36.2. The zero-order valence-electron chi connectivity index (χ0n) is 7.45. The van der Waals surface area contributed by atoms with Gasteiger partial charge in [0.2, 0.25) is 5.91 Å². The minimum absolute atomic E-state index is 0.0787. The minimum Gasteiger partial charge on any atom is -0.351 e. The summed E-state index contributed by atoms with van der Waals surface area (Å²) >= 11 is 0. The Morgan fingerprint density at radius 1 is 1.15 bits per heavy atom. The van der Waals surface area contributed by atoms with Gasteiger partial charge in [-0.05, 0) is 24.7 Å². The maximum Gasteiger partial charge on any atom is 0.318 e. The molecule has 0 radical (unpaired) electrons. The van der Waals surface area contributed by atoms with Crippen LogP contribution in [-0.2, 0) is 4.79 Å². The first kappa shape index (κ1) is 8.53. The van der Waals surface area contributed by atoms with Crippen LogP contribution in [0.3, 0.4) is 0 Å². The molecular weight excluding hydrogens is 168 g/mol. The van der Waals surface area contributed by atoms with Crippen LogP contribution in [0.15, 0.2) is 0 Å². The lowest BCUT2D eigenvalue weighted by atomic mass is 10.0. The molecule has 2 atom stereocenters. The Kier molecular flexibility index (Phi) is 1.98. The van der Waals surface area contributed by atoms with E-state index >= 15 is 0 Å². The van der Waals surface area contributed by atoms with Crippen molar-refractivity contribution in [1.29, 1.82) is 0 Å². The van der Waals surface area contributed by atoms with E-state index in [0.29, 0.717) is 11.8 Å². The molecule has 0 spiro atoms. The number of rotatable bonds is 1. The third-order valence-electron chi connectivity index (χ3n) is 3.21. The maximum absolute atomic E-state index is 11.4. The Hall–Kier alpha value is -1.06. The average Bonchev–Trinajstić information content (AvgIpc) is 2.76. The molecule has 0 aromatic rings. The van der Waals surface area contributed by atoms with Crippen LogP contribution in [0.25, 0.3) is 0 Å². The Morgan fingerprint density at radius 2 is 1.69 bits per heavy atom. The summed E-state index contributed by atoms with van der Waals surface area (Å²) in [5.41, 5.74) is 4.88. The Morgan fingerprint density at radius 3 is 2.15 bits per heavy atom. The zero-order valence-corrected chi connectivity index (χ0v) is 7.45. The second kappa shape index (κ2) is 3.01. The molecule has 2 unspecified atom stereocenters. The van der Waals surface area contributed by atoms with Crippen molar-refractivity contribution in [1.82, 2.24) is 5.32 Å². The summed E-state index contributed by atoms with van der Waals surface area (Å²) in [6.45, 7) is 0. The molecule has 13 heavy (non-hydrogen) atoms. The molecule has 2 rings (SSSR count). The topological polar surface area (TPSA) is 72.2 Å².